The molecule has 0 fully saturated rings. The van der Waals surface area contributed by atoms with Crippen molar-refractivity contribution in [1.29, 1.82) is 0 Å². The molecule has 1 unspecified atom stereocenters. The van der Waals surface area contributed by atoms with Gasteiger partial charge >= 0.3 is 20.3 Å². The summed E-state index contributed by atoms with van der Waals surface area (Å²) >= 11 is 0.600. The average Bonchev–Trinajstić information content (AvgIpc) is 1.87. The fourth-order valence-electron chi connectivity index (χ4n) is 0.521. The summed E-state index contributed by atoms with van der Waals surface area (Å²) in [6.45, 7) is 0. The zero-order valence-electron chi connectivity index (χ0n) is 6.44. The smallest absolute Gasteiger partial charge is 0.260 e. The standard InChI is InChI=1S/C4H7F3S2.CH3.Al.H/c1-9-3(2-8)4(5,6)7;;;/h3,8H,2H2,1H3;1H3;;/q;;+1;/p-1. The van der Waals surface area contributed by atoms with Crippen LogP contribution in [0.3, 0.4) is 0 Å². The molecule has 66 valence electrons. The van der Waals surface area contributed by atoms with Gasteiger partial charge < -0.3 is 0 Å². The molecule has 6 heteroatoms. The van der Waals surface area contributed by atoms with E-state index in [2.05, 4.69) is 0 Å². The molecule has 0 N–H and O–H groups in total. The van der Waals surface area contributed by atoms with Crippen LogP contribution in [0.1, 0.15) is 0 Å². The van der Waals surface area contributed by atoms with Crippen molar-refractivity contribution >= 4 is 36.0 Å². The molecular formula is C5H10AlF3S2. The maximum Gasteiger partial charge on any atom is 0.401 e. The quantitative estimate of drug-likeness (QED) is 0.665. The fourth-order valence-corrected chi connectivity index (χ4v) is 4.19. The molecule has 0 aromatic rings. The summed E-state index contributed by atoms with van der Waals surface area (Å²) in [7, 11) is 1.47. The monoisotopic (exact) mass is 218 g/mol. The normalized spacial score (nSPS) is 14.6. The van der Waals surface area contributed by atoms with Crippen LogP contribution in [-0.4, -0.2) is 37.5 Å². The maximum absolute atomic E-state index is 12.0. The first-order valence-electron chi connectivity index (χ1n) is 3.19. The Kier molecular flexibility index (Phi) is 6.15. The van der Waals surface area contributed by atoms with Crippen molar-refractivity contribution in [3.8, 4) is 0 Å². The molecule has 0 heterocycles. The maximum atomic E-state index is 12.0. The van der Waals surface area contributed by atoms with E-state index in [4.69, 9.17) is 0 Å². The van der Waals surface area contributed by atoms with Crippen molar-refractivity contribution in [2.75, 3.05) is 12.0 Å². The summed E-state index contributed by atoms with van der Waals surface area (Å²) in [5.74, 6) is 2.23. The number of rotatable bonds is 4. The third-order valence-corrected chi connectivity index (χ3v) is 5.25. The second kappa shape index (κ2) is 5.63. The predicted octanol–water partition coefficient (Wildman–Crippen LogP) is 2.41. The summed E-state index contributed by atoms with van der Waals surface area (Å²) in [6, 6.07) is 0. The largest absolute Gasteiger partial charge is 0.401 e. The Bertz CT molecular complexity index is 106. The molecular weight excluding hydrogens is 208 g/mol. The molecule has 0 rings (SSSR count). The predicted molar refractivity (Wildman–Crippen MR) is 48.8 cm³/mol. The lowest BCUT2D eigenvalue weighted by Gasteiger charge is -2.17. The van der Waals surface area contributed by atoms with E-state index < -0.39 is 11.4 Å². The Morgan fingerprint density at radius 1 is 1.45 bits per heavy atom. The molecule has 0 aliphatic heterocycles. The molecule has 0 aliphatic carbocycles. The first-order valence-corrected chi connectivity index (χ1v) is 8.78. The molecule has 0 saturated carbocycles. The highest BCUT2D eigenvalue weighted by atomic mass is 32.3. The minimum Gasteiger partial charge on any atom is -0.260 e. The van der Waals surface area contributed by atoms with Crippen LogP contribution in [0.5, 0.6) is 0 Å². The minimum atomic E-state index is -4.02. The van der Waals surface area contributed by atoms with Gasteiger partial charge in [0.25, 0.3) is 0 Å². The molecule has 0 nitrogen and oxygen atoms in total. The molecule has 0 aliphatic rings. The molecule has 0 saturated heterocycles. The summed E-state index contributed by atoms with van der Waals surface area (Å²) in [4.78, 5) is 0. The van der Waals surface area contributed by atoms with Crippen LogP contribution in [0, 0.1) is 0 Å². The lowest BCUT2D eigenvalue weighted by atomic mass is 10.5. The number of halogens is 3. The van der Waals surface area contributed by atoms with Crippen LogP contribution < -0.4 is 0 Å². The van der Waals surface area contributed by atoms with Gasteiger partial charge in [-0.3, -0.25) is 10.1 Å². The van der Waals surface area contributed by atoms with Crippen LogP contribution >= 0.6 is 21.9 Å². The Labute approximate surface area is 78.4 Å². The van der Waals surface area contributed by atoms with E-state index in [-0.39, 0.29) is 19.8 Å². The summed E-state index contributed by atoms with van der Waals surface area (Å²) in [5.41, 5.74) is 0. The molecule has 0 bridgehead atoms. The van der Waals surface area contributed by atoms with Gasteiger partial charge in [0, 0.05) is 0 Å². The highest BCUT2D eigenvalue weighted by Crippen LogP contribution is 2.30. The first kappa shape index (κ1) is 12.0. The highest BCUT2D eigenvalue weighted by molar-refractivity contribution is 8.22. The fraction of sp³-hybridized carbons (Fsp3) is 1.00. The third kappa shape index (κ3) is 5.29. The van der Waals surface area contributed by atoms with Crippen molar-refractivity contribution in [3.63, 3.8) is 0 Å². The minimum absolute atomic E-state index is 0.230. The van der Waals surface area contributed by atoms with E-state index in [9.17, 15) is 13.2 Å². The molecule has 0 spiro atoms. The lowest BCUT2D eigenvalue weighted by molar-refractivity contribution is -0.124. The molecule has 0 radical (unpaired) electrons. The van der Waals surface area contributed by atoms with Gasteiger partial charge in [-0.15, -0.1) is 0 Å². The number of hydrogen-bond donors (Lipinski definition) is 0. The van der Waals surface area contributed by atoms with Crippen LogP contribution in [-0.2, 0) is 0 Å². The Morgan fingerprint density at radius 2 is 2.00 bits per heavy atom. The second-order valence-corrected chi connectivity index (χ2v) is 7.24. The van der Waals surface area contributed by atoms with Crippen molar-refractivity contribution < 1.29 is 13.2 Å². The zero-order chi connectivity index (χ0) is 8.91. The summed E-state index contributed by atoms with van der Waals surface area (Å²) < 4.78 is 36.1. The van der Waals surface area contributed by atoms with Crippen molar-refractivity contribution in [2.24, 2.45) is 0 Å². The second-order valence-electron chi connectivity index (χ2n) is 1.93. The van der Waals surface area contributed by atoms with Gasteiger partial charge in [-0.2, -0.15) is 24.9 Å². The van der Waals surface area contributed by atoms with Crippen LogP contribution in [0.25, 0.3) is 0 Å². The van der Waals surface area contributed by atoms with Crippen molar-refractivity contribution in [1.82, 2.24) is 0 Å². The molecule has 0 aromatic carbocycles. The third-order valence-electron chi connectivity index (χ3n) is 1.12. The van der Waals surface area contributed by atoms with Gasteiger partial charge in [-0.25, -0.2) is 0 Å². The Morgan fingerprint density at radius 3 is 2.27 bits per heavy atom. The van der Waals surface area contributed by atoms with E-state index in [0.717, 1.165) is 11.8 Å². The lowest BCUT2D eigenvalue weighted by Crippen LogP contribution is -2.27. The van der Waals surface area contributed by atoms with E-state index in [0.29, 0.717) is 0 Å². The number of alkyl halides is 3. The topological polar surface area (TPSA) is 0 Å². The van der Waals surface area contributed by atoms with Crippen molar-refractivity contribution in [3.05, 3.63) is 0 Å². The molecule has 0 aromatic heterocycles. The summed E-state index contributed by atoms with van der Waals surface area (Å²) in [6.07, 6.45) is -2.51. The Balaban J connectivity index is 3.76. The molecule has 1 atom stereocenters. The summed E-state index contributed by atoms with van der Waals surface area (Å²) in [5, 5.41) is -1.17. The highest BCUT2D eigenvalue weighted by Gasteiger charge is 2.38. The Hall–Kier alpha value is 1.02. The van der Waals surface area contributed by atoms with Gasteiger partial charge in [0.15, 0.2) is 0 Å². The van der Waals surface area contributed by atoms with Gasteiger partial charge in [-0.05, 0) is 12.0 Å². The van der Waals surface area contributed by atoms with E-state index >= 15 is 0 Å². The number of thioether (sulfide) groups is 1. The van der Waals surface area contributed by atoms with Crippen LogP contribution in [0.15, 0.2) is 0 Å². The first-order chi connectivity index (χ1) is 5.02. The van der Waals surface area contributed by atoms with Crippen LogP contribution in [0.4, 0.5) is 13.2 Å². The van der Waals surface area contributed by atoms with E-state index in [1.165, 1.54) is 16.4 Å². The molecule has 0 amide bonds. The van der Waals surface area contributed by atoms with E-state index in [1.807, 2.05) is 5.79 Å². The van der Waals surface area contributed by atoms with E-state index in [1.54, 1.807) is 0 Å². The number of hydrogen-bond acceptors (Lipinski definition) is 2. The van der Waals surface area contributed by atoms with Gasteiger partial charge in [-0.1, -0.05) is 5.79 Å². The van der Waals surface area contributed by atoms with Gasteiger partial charge in [0.1, 0.15) is 5.25 Å². The van der Waals surface area contributed by atoms with Gasteiger partial charge in [0.2, 0.25) is 0 Å². The van der Waals surface area contributed by atoms with Crippen LogP contribution in [0.2, 0.25) is 5.79 Å². The average molecular weight is 218 g/mol. The molecule has 11 heavy (non-hydrogen) atoms. The van der Waals surface area contributed by atoms with Gasteiger partial charge in [0.05, 0.1) is 0 Å². The SMILES string of the molecule is [CH3][AlH][S]CC(SC)C(F)(F)F. The van der Waals surface area contributed by atoms with Crippen molar-refractivity contribution in [2.45, 2.75) is 17.2 Å². The zero-order valence-corrected chi connectivity index (χ0v) is 9.49.